The SMILES string of the molecule is CCCCCCCCCC(C)(C)Cc1ccccc1S(=O)(=O)O. The zero-order valence-corrected chi connectivity index (χ0v) is 15.7. The highest BCUT2D eigenvalue weighted by atomic mass is 32.2. The van der Waals surface area contributed by atoms with Gasteiger partial charge in [0.2, 0.25) is 0 Å². The molecule has 3 nitrogen and oxygen atoms in total. The maximum atomic E-state index is 11.5. The second kappa shape index (κ2) is 9.43. The molecule has 0 bridgehead atoms. The Labute approximate surface area is 142 Å². The summed E-state index contributed by atoms with van der Waals surface area (Å²) in [5.41, 5.74) is 0.743. The summed E-state index contributed by atoms with van der Waals surface area (Å²) >= 11 is 0. The molecule has 1 rings (SSSR count). The largest absolute Gasteiger partial charge is 0.294 e. The van der Waals surface area contributed by atoms with Crippen LogP contribution in [0.5, 0.6) is 0 Å². The summed E-state index contributed by atoms with van der Waals surface area (Å²) in [5, 5.41) is 0. The van der Waals surface area contributed by atoms with Gasteiger partial charge in [-0.2, -0.15) is 8.42 Å². The molecule has 1 aromatic rings. The van der Waals surface area contributed by atoms with Crippen molar-refractivity contribution in [1.82, 2.24) is 0 Å². The smallest absolute Gasteiger partial charge is 0.282 e. The standard InChI is InChI=1S/C19H32O3S/c1-4-5-6-7-8-9-12-15-19(2,3)16-17-13-10-11-14-18(17)23(20,21)22/h10-11,13-14H,4-9,12,15-16H2,1-3H3,(H,20,21,22). The topological polar surface area (TPSA) is 54.4 Å². The average Bonchev–Trinajstić information content (AvgIpc) is 2.45. The molecular formula is C19H32O3S. The van der Waals surface area contributed by atoms with Crippen molar-refractivity contribution in [3.63, 3.8) is 0 Å². The summed E-state index contributed by atoms with van der Waals surface area (Å²) in [5.74, 6) is 0. The van der Waals surface area contributed by atoms with Gasteiger partial charge < -0.3 is 0 Å². The molecule has 0 saturated heterocycles. The van der Waals surface area contributed by atoms with Crippen LogP contribution in [0.2, 0.25) is 0 Å². The molecule has 23 heavy (non-hydrogen) atoms. The number of unbranched alkanes of at least 4 members (excludes halogenated alkanes) is 6. The summed E-state index contributed by atoms with van der Waals surface area (Å²) in [6.07, 6.45) is 10.7. The van der Waals surface area contributed by atoms with E-state index in [0.29, 0.717) is 12.0 Å². The third-order valence-corrected chi connectivity index (χ3v) is 5.33. The minimum Gasteiger partial charge on any atom is -0.282 e. The van der Waals surface area contributed by atoms with E-state index in [0.717, 1.165) is 6.42 Å². The van der Waals surface area contributed by atoms with Gasteiger partial charge in [0.15, 0.2) is 0 Å². The summed E-state index contributed by atoms with van der Waals surface area (Å²) in [6, 6.07) is 6.76. The van der Waals surface area contributed by atoms with E-state index in [1.807, 2.05) is 6.07 Å². The molecule has 0 aliphatic rings. The predicted molar refractivity (Wildman–Crippen MR) is 96.4 cm³/mol. The van der Waals surface area contributed by atoms with Crippen molar-refractivity contribution >= 4 is 10.1 Å². The lowest BCUT2D eigenvalue weighted by Crippen LogP contribution is -2.17. The van der Waals surface area contributed by atoms with Crippen molar-refractivity contribution in [1.29, 1.82) is 0 Å². The van der Waals surface area contributed by atoms with Crippen LogP contribution in [0, 0.1) is 5.41 Å². The molecule has 0 aliphatic carbocycles. The van der Waals surface area contributed by atoms with Gasteiger partial charge in [-0.05, 0) is 29.9 Å². The highest BCUT2D eigenvalue weighted by Gasteiger charge is 2.22. The van der Waals surface area contributed by atoms with E-state index in [4.69, 9.17) is 0 Å². The lowest BCUT2D eigenvalue weighted by molar-refractivity contribution is 0.314. The summed E-state index contributed by atoms with van der Waals surface area (Å²) in [4.78, 5) is 0.0487. The number of benzene rings is 1. The lowest BCUT2D eigenvalue weighted by Gasteiger charge is -2.25. The van der Waals surface area contributed by atoms with Crippen LogP contribution in [-0.4, -0.2) is 13.0 Å². The molecule has 132 valence electrons. The van der Waals surface area contributed by atoms with E-state index in [1.165, 1.54) is 51.0 Å². The first-order valence-corrected chi connectivity index (χ1v) is 10.3. The van der Waals surface area contributed by atoms with Crippen LogP contribution >= 0.6 is 0 Å². The highest BCUT2D eigenvalue weighted by molar-refractivity contribution is 7.85. The third-order valence-electron chi connectivity index (χ3n) is 4.38. The van der Waals surface area contributed by atoms with Crippen LogP contribution in [-0.2, 0) is 16.5 Å². The quantitative estimate of drug-likeness (QED) is 0.419. The van der Waals surface area contributed by atoms with Crippen molar-refractivity contribution in [3.05, 3.63) is 29.8 Å². The Hall–Kier alpha value is -0.870. The second-order valence-corrected chi connectivity index (χ2v) is 8.69. The van der Waals surface area contributed by atoms with Crippen LogP contribution in [0.25, 0.3) is 0 Å². The van der Waals surface area contributed by atoms with Crippen molar-refractivity contribution in [2.45, 2.75) is 83.5 Å². The maximum absolute atomic E-state index is 11.5. The Kier molecular flexibility index (Phi) is 8.27. The lowest BCUT2D eigenvalue weighted by atomic mass is 9.81. The van der Waals surface area contributed by atoms with Crippen molar-refractivity contribution < 1.29 is 13.0 Å². The molecule has 0 atom stereocenters. The Morgan fingerprint density at radius 1 is 0.957 bits per heavy atom. The molecule has 0 radical (unpaired) electrons. The van der Waals surface area contributed by atoms with Gasteiger partial charge in [-0.1, -0.05) is 83.9 Å². The molecule has 0 saturated carbocycles. The fourth-order valence-electron chi connectivity index (χ4n) is 3.07. The van der Waals surface area contributed by atoms with E-state index < -0.39 is 10.1 Å². The van der Waals surface area contributed by atoms with E-state index in [2.05, 4.69) is 20.8 Å². The summed E-state index contributed by atoms with van der Waals surface area (Å²) in [6.45, 7) is 6.57. The first-order valence-electron chi connectivity index (χ1n) is 8.82. The Morgan fingerprint density at radius 3 is 2.13 bits per heavy atom. The molecule has 0 aliphatic heterocycles. The minimum absolute atomic E-state index is 0.0320. The molecule has 0 heterocycles. The van der Waals surface area contributed by atoms with Gasteiger partial charge in [0, 0.05) is 0 Å². The minimum atomic E-state index is -4.14. The van der Waals surface area contributed by atoms with Crippen LogP contribution in [0.1, 0.15) is 77.7 Å². The number of rotatable bonds is 11. The normalized spacial score (nSPS) is 12.5. The molecule has 0 spiro atoms. The zero-order valence-electron chi connectivity index (χ0n) is 14.8. The summed E-state index contributed by atoms with van der Waals surface area (Å²) in [7, 11) is -4.14. The summed E-state index contributed by atoms with van der Waals surface area (Å²) < 4.78 is 32.3. The zero-order chi connectivity index (χ0) is 17.3. The molecule has 1 aromatic carbocycles. The van der Waals surface area contributed by atoms with Gasteiger partial charge in [-0.3, -0.25) is 4.55 Å². The fourth-order valence-corrected chi connectivity index (χ4v) is 3.79. The molecule has 0 aromatic heterocycles. The van der Waals surface area contributed by atoms with Crippen molar-refractivity contribution in [3.8, 4) is 0 Å². The van der Waals surface area contributed by atoms with Crippen LogP contribution < -0.4 is 0 Å². The highest BCUT2D eigenvalue weighted by Crippen LogP contribution is 2.31. The monoisotopic (exact) mass is 340 g/mol. The van der Waals surface area contributed by atoms with Gasteiger partial charge in [0.25, 0.3) is 10.1 Å². The van der Waals surface area contributed by atoms with Crippen molar-refractivity contribution in [2.24, 2.45) is 5.41 Å². The van der Waals surface area contributed by atoms with Gasteiger partial charge in [-0.25, -0.2) is 0 Å². The first-order chi connectivity index (χ1) is 10.8. The van der Waals surface area contributed by atoms with Crippen LogP contribution in [0.15, 0.2) is 29.2 Å². The van der Waals surface area contributed by atoms with E-state index in [1.54, 1.807) is 12.1 Å². The molecule has 0 fully saturated rings. The van der Waals surface area contributed by atoms with Crippen LogP contribution in [0.4, 0.5) is 0 Å². The van der Waals surface area contributed by atoms with Gasteiger partial charge in [-0.15, -0.1) is 0 Å². The Bertz CT molecular complexity index is 562. The number of hydrogen-bond acceptors (Lipinski definition) is 2. The molecule has 0 unspecified atom stereocenters. The van der Waals surface area contributed by atoms with Gasteiger partial charge >= 0.3 is 0 Å². The van der Waals surface area contributed by atoms with Crippen molar-refractivity contribution in [2.75, 3.05) is 0 Å². The Balaban J connectivity index is 2.50. The van der Waals surface area contributed by atoms with Crippen LogP contribution in [0.3, 0.4) is 0 Å². The first kappa shape index (κ1) is 20.2. The average molecular weight is 341 g/mol. The van der Waals surface area contributed by atoms with Gasteiger partial charge in [0.05, 0.1) is 4.90 Å². The predicted octanol–water partition coefficient (Wildman–Crippen LogP) is 5.64. The molecule has 4 heteroatoms. The van der Waals surface area contributed by atoms with Gasteiger partial charge in [0.1, 0.15) is 0 Å². The second-order valence-electron chi connectivity index (χ2n) is 7.30. The third kappa shape index (κ3) is 7.98. The number of hydrogen-bond donors (Lipinski definition) is 1. The molecular weight excluding hydrogens is 308 g/mol. The fraction of sp³-hybridized carbons (Fsp3) is 0.684. The molecule has 1 N–H and O–H groups in total. The van der Waals surface area contributed by atoms with E-state index >= 15 is 0 Å². The maximum Gasteiger partial charge on any atom is 0.294 e. The van der Waals surface area contributed by atoms with E-state index in [9.17, 15) is 13.0 Å². The van der Waals surface area contributed by atoms with E-state index in [-0.39, 0.29) is 10.3 Å². The Morgan fingerprint density at radius 2 is 1.52 bits per heavy atom. The molecule has 0 amide bonds.